The van der Waals surface area contributed by atoms with Crippen LogP contribution in [0.1, 0.15) is 27.8 Å². The fourth-order valence-corrected chi connectivity index (χ4v) is 2.32. The summed E-state index contributed by atoms with van der Waals surface area (Å²) in [6.07, 6.45) is -0.434. The quantitative estimate of drug-likeness (QED) is 0.620. The first-order chi connectivity index (χ1) is 10.9. The predicted octanol–water partition coefficient (Wildman–Crippen LogP) is 2.40. The first-order valence-corrected chi connectivity index (χ1v) is 7.07. The number of nitro groups is 1. The topological polar surface area (TPSA) is 110 Å². The van der Waals surface area contributed by atoms with E-state index in [1.54, 1.807) is 18.2 Å². The Labute approximate surface area is 136 Å². The van der Waals surface area contributed by atoms with Crippen molar-refractivity contribution in [1.29, 1.82) is 0 Å². The van der Waals surface area contributed by atoms with Gasteiger partial charge < -0.3 is 10.1 Å². The molecule has 1 heterocycles. The van der Waals surface area contributed by atoms with Gasteiger partial charge in [0.05, 0.1) is 11.0 Å². The third-order valence-electron chi connectivity index (χ3n) is 3.27. The van der Waals surface area contributed by atoms with Gasteiger partial charge in [0.15, 0.2) is 0 Å². The number of aromatic amines is 1. The van der Waals surface area contributed by atoms with Crippen molar-refractivity contribution in [3.05, 3.63) is 56.4 Å². The number of carbonyl (C=O) groups is 1. The molecule has 0 aliphatic carbocycles. The van der Waals surface area contributed by atoms with Gasteiger partial charge in [0.25, 0.3) is 5.91 Å². The molecule has 0 bridgehead atoms. The van der Waals surface area contributed by atoms with E-state index < -0.39 is 16.9 Å². The molecule has 2 aromatic rings. The minimum absolute atomic E-state index is 0.124. The largest absolute Gasteiger partial charge is 0.375 e. The molecule has 1 amide bonds. The predicted molar refractivity (Wildman–Crippen MR) is 83.5 cm³/mol. The van der Waals surface area contributed by atoms with Crippen LogP contribution in [-0.2, 0) is 4.74 Å². The number of carbonyl (C=O) groups excluding carboxylic acids is 1. The van der Waals surface area contributed by atoms with Crippen LogP contribution >= 0.6 is 11.6 Å². The van der Waals surface area contributed by atoms with E-state index in [4.69, 9.17) is 16.3 Å². The van der Waals surface area contributed by atoms with Gasteiger partial charge in [-0.1, -0.05) is 23.7 Å². The molecule has 1 aromatic carbocycles. The summed E-state index contributed by atoms with van der Waals surface area (Å²) >= 11 is 5.93. The number of methoxy groups -OCH3 is 1. The number of nitrogens with zero attached hydrogens (tertiary/aromatic N) is 2. The van der Waals surface area contributed by atoms with Crippen LogP contribution in [0.15, 0.2) is 24.3 Å². The molecule has 0 saturated carbocycles. The summed E-state index contributed by atoms with van der Waals surface area (Å²) in [5.74, 6) is -0.648. The third kappa shape index (κ3) is 3.85. The van der Waals surface area contributed by atoms with Crippen LogP contribution in [-0.4, -0.2) is 34.7 Å². The van der Waals surface area contributed by atoms with Crippen molar-refractivity contribution < 1.29 is 14.5 Å². The highest BCUT2D eigenvalue weighted by molar-refractivity contribution is 6.30. The standard InChI is InChI=1S/C14H15ClN4O4/c1-8-13(19(21)22)12(18-17-8)14(20)16-7-11(23-2)9-4-3-5-10(15)6-9/h3-6,11H,7H2,1-2H3,(H,16,20)(H,17,18). The highest BCUT2D eigenvalue weighted by atomic mass is 35.5. The van der Waals surface area contributed by atoms with E-state index in [0.717, 1.165) is 5.56 Å². The molecule has 1 unspecified atom stereocenters. The zero-order valence-corrected chi connectivity index (χ0v) is 13.3. The molecule has 2 N–H and O–H groups in total. The number of aryl methyl sites for hydroxylation is 1. The lowest BCUT2D eigenvalue weighted by Gasteiger charge is -2.16. The van der Waals surface area contributed by atoms with Crippen molar-refractivity contribution in [1.82, 2.24) is 15.5 Å². The molecular formula is C14H15ClN4O4. The monoisotopic (exact) mass is 338 g/mol. The molecule has 2 rings (SSSR count). The van der Waals surface area contributed by atoms with Gasteiger partial charge in [-0.25, -0.2) is 0 Å². The summed E-state index contributed by atoms with van der Waals surface area (Å²) in [5, 5.41) is 20.2. The smallest absolute Gasteiger partial charge is 0.322 e. The molecule has 0 aliphatic rings. The summed E-state index contributed by atoms with van der Waals surface area (Å²) in [5.41, 5.74) is 0.416. The number of ether oxygens (including phenoxy) is 1. The van der Waals surface area contributed by atoms with E-state index in [-0.39, 0.29) is 23.6 Å². The van der Waals surface area contributed by atoms with Crippen molar-refractivity contribution in [3.63, 3.8) is 0 Å². The summed E-state index contributed by atoms with van der Waals surface area (Å²) < 4.78 is 5.33. The highest BCUT2D eigenvalue weighted by Crippen LogP contribution is 2.22. The number of halogens is 1. The van der Waals surface area contributed by atoms with Gasteiger partial charge in [-0.3, -0.25) is 20.0 Å². The maximum absolute atomic E-state index is 12.1. The maximum atomic E-state index is 12.1. The van der Waals surface area contributed by atoms with E-state index >= 15 is 0 Å². The molecule has 122 valence electrons. The summed E-state index contributed by atoms with van der Waals surface area (Å²) in [7, 11) is 1.50. The Kier molecular flexibility index (Phi) is 5.30. The van der Waals surface area contributed by atoms with Crippen LogP contribution in [0, 0.1) is 17.0 Å². The van der Waals surface area contributed by atoms with Crippen molar-refractivity contribution in [2.75, 3.05) is 13.7 Å². The molecular weight excluding hydrogens is 324 g/mol. The van der Waals surface area contributed by atoms with Crippen molar-refractivity contribution in [2.45, 2.75) is 13.0 Å². The fourth-order valence-electron chi connectivity index (χ4n) is 2.12. The minimum Gasteiger partial charge on any atom is -0.375 e. The average molecular weight is 339 g/mol. The zero-order valence-electron chi connectivity index (χ0n) is 12.5. The van der Waals surface area contributed by atoms with Crippen LogP contribution in [0.3, 0.4) is 0 Å². The van der Waals surface area contributed by atoms with E-state index in [1.165, 1.54) is 14.0 Å². The molecule has 0 spiro atoms. The molecule has 8 nitrogen and oxygen atoms in total. The lowest BCUT2D eigenvalue weighted by atomic mass is 10.1. The van der Waals surface area contributed by atoms with Gasteiger partial charge in [-0.15, -0.1) is 0 Å². The van der Waals surface area contributed by atoms with Gasteiger partial charge in [0, 0.05) is 18.7 Å². The van der Waals surface area contributed by atoms with Crippen LogP contribution < -0.4 is 5.32 Å². The summed E-state index contributed by atoms with van der Waals surface area (Å²) in [6.45, 7) is 1.60. The summed E-state index contributed by atoms with van der Waals surface area (Å²) in [4.78, 5) is 22.5. The Morgan fingerprint density at radius 3 is 2.91 bits per heavy atom. The Balaban J connectivity index is 2.10. The van der Waals surface area contributed by atoms with Gasteiger partial charge in [-0.05, 0) is 24.6 Å². The molecule has 0 aliphatic heterocycles. The number of amides is 1. The van der Waals surface area contributed by atoms with E-state index in [1.807, 2.05) is 6.07 Å². The Hall–Kier alpha value is -2.45. The van der Waals surface area contributed by atoms with Crippen LogP contribution in [0.4, 0.5) is 5.69 Å². The molecule has 9 heteroatoms. The van der Waals surface area contributed by atoms with E-state index in [2.05, 4.69) is 15.5 Å². The van der Waals surface area contributed by atoms with Gasteiger partial charge in [0.2, 0.25) is 5.69 Å². The third-order valence-corrected chi connectivity index (χ3v) is 3.50. The Morgan fingerprint density at radius 1 is 1.57 bits per heavy atom. The second-order valence-electron chi connectivity index (χ2n) is 4.79. The normalized spacial score (nSPS) is 12.0. The molecule has 0 radical (unpaired) electrons. The Morgan fingerprint density at radius 2 is 2.30 bits per heavy atom. The van der Waals surface area contributed by atoms with Crippen molar-refractivity contribution in [2.24, 2.45) is 0 Å². The first kappa shape index (κ1) is 16.9. The number of H-pyrrole nitrogens is 1. The first-order valence-electron chi connectivity index (χ1n) is 6.69. The molecule has 1 aromatic heterocycles. The lowest BCUT2D eigenvalue weighted by molar-refractivity contribution is -0.385. The van der Waals surface area contributed by atoms with Crippen molar-refractivity contribution in [3.8, 4) is 0 Å². The summed E-state index contributed by atoms with van der Waals surface area (Å²) in [6, 6.07) is 7.04. The lowest BCUT2D eigenvalue weighted by Crippen LogP contribution is -2.29. The number of hydrogen-bond donors (Lipinski definition) is 2. The van der Waals surface area contributed by atoms with Crippen LogP contribution in [0.25, 0.3) is 0 Å². The minimum atomic E-state index is -0.648. The second kappa shape index (κ2) is 7.21. The molecule has 1 atom stereocenters. The van der Waals surface area contributed by atoms with Gasteiger partial charge in [0.1, 0.15) is 5.69 Å². The molecule has 0 fully saturated rings. The average Bonchev–Trinajstić information content (AvgIpc) is 2.90. The number of benzene rings is 1. The molecule has 23 heavy (non-hydrogen) atoms. The molecule has 0 saturated heterocycles. The van der Waals surface area contributed by atoms with Gasteiger partial charge in [-0.2, -0.15) is 5.10 Å². The SMILES string of the molecule is COC(CNC(=O)c1n[nH]c(C)c1[N+](=O)[O-])c1cccc(Cl)c1. The van der Waals surface area contributed by atoms with Gasteiger partial charge >= 0.3 is 5.69 Å². The number of hydrogen-bond acceptors (Lipinski definition) is 5. The highest BCUT2D eigenvalue weighted by Gasteiger charge is 2.27. The second-order valence-corrected chi connectivity index (χ2v) is 5.23. The zero-order chi connectivity index (χ0) is 17.0. The van der Waals surface area contributed by atoms with E-state index in [0.29, 0.717) is 5.02 Å². The number of aromatic nitrogens is 2. The van der Waals surface area contributed by atoms with E-state index in [9.17, 15) is 14.9 Å². The fraction of sp³-hybridized carbons (Fsp3) is 0.286. The number of rotatable bonds is 6. The maximum Gasteiger partial charge on any atom is 0.322 e. The Bertz CT molecular complexity index is 731. The van der Waals surface area contributed by atoms with Crippen LogP contribution in [0.2, 0.25) is 5.02 Å². The van der Waals surface area contributed by atoms with Crippen molar-refractivity contribution >= 4 is 23.2 Å². The number of nitrogens with one attached hydrogen (secondary N) is 2. The van der Waals surface area contributed by atoms with Crippen LogP contribution in [0.5, 0.6) is 0 Å².